The maximum Gasteiger partial charge on any atom is 0.267 e. The normalized spacial score (nSPS) is 10.8. The highest BCUT2D eigenvalue weighted by atomic mass is 32.1. The minimum absolute atomic E-state index is 0.247. The Morgan fingerprint density at radius 1 is 0.909 bits per heavy atom. The van der Waals surface area contributed by atoms with Gasteiger partial charge in [-0.15, -0.1) is 11.3 Å². The van der Waals surface area contributed by atoms with Gasteiger partial charge in [0.2, 0.25) is 0 Å². The van der Waals surface area contributed by atoms with E-state index in [1.54, 1.807) is 7.11 Å². The maximum atomic E-state index is 13.1. The molecule has 5 aromatic rings. The van der Waals surface area contributed by atoms with Crippen molar-refractivity contribution >= 4 is 38.8 Å². The molecule has 0 spiro atoms. The van der Waals surface area contributed by atoms with Crippen molar-refractivity contribution in [3.63, 3.8) is 0 Å². The van der Waals surface area contributed by atoms with Gasteiger partial charge in [-0.1, -0.05) is 60.7 Å². The number of nitrogens with zero attached hydrogens (tertiary/aromatic N) is 1. The minimum atomic E-state index is -0.247. The molecule has 0 aliphatic heterocycles. The van der Waals surface area contributed by atoms with Crippen LogP contribution in [0.4, 0.5) is 11.4 Å². The summed E-state index contributed by atoms with van der Waals surface area (Å²) in [6, 6.07) is 29.1. The zero-order chi connectivity index (χ0) is 22.8. The van der Waals surface area contributed by atoms with Crippen LogP contribution in [-0.2, 0) is 0 Å². The number of anilines is 2. The largest absolute Gasteiger partial charge is 0.497 e. The molecule has 0 atom stereocenters. The zero-order valence-electron chi connectivity index (χ0n) is 17.9. The van der Waals surface area contributed by atoms with Crippen molar-refractivity contribution in [1.82, 2.24) is 4.98 Å². The van der Waals surface area contributed by atoms with E-state index in [0.29, 0.717) is 16.3 Å². The number of benzene rings is 3. The molecule has 3 N–H and O–H groups in total. The fourth-order valence-corrected chi connectivity index (χ4v) is 4.77. The second kappa shape index (κ2) is 8.76. The van der Waals surface area contributed by atoms with E-state index in [2.05, 4.69) is 5.32 Å². The lowest BCUT2D eigenvalue weighted by Gasteiger charge is -2.10. The summed E-state index contributed by atoms with van der Waals surface area (Å²) >= 11 is 1.30. The number of amides is 1. The van der Waals surface area contributed by atoms with Gasteiger partial charge in [0.1, 0.15) is 15.5 Å². The van der Waals surface area contributed by atoms with E-state index in [1.807, 2.05) is 91.0 Å². The van der Waals surface area contributed by atoms with Crippen molar-refractivity contribution in [3.05, 3.63) is 95.9 Å². The van der Waals surface area contributed by atoms with Crippen molar-refractivity contribution in [2.24, 2.45) is 0 Å². The Hall–Kier alpha value is -4.16. The Kier molecular flexibility index (Phi) is 5.50. The lowest BCUT2D eigenvalue weighted by atomic mass is 9.99. The number of aromatic nitrogens is 1. The van der Waals surface area contributed by atoms with Gasteiger partial charge < -0.3 is 15.8 Å². The fourth-order valence-electron chi connectivity index (χ4n) is 3.75. The summed E-state index contributed by atoms with van der Waals surface area (Å²) < 4.78 is 5.31. The van der Waals surface area contributed by atoms with E-state index in [0.717, 1.165) is 38.4 Å². The van der Waals surface area contributed by atoms with Gasteiger partial charge in [-0.2, -0.15) is 0 Å². The quantitative estimate of drug-likeness (QED) is 0.321. The van der Waals surface area contributed by atoms with Gasteiger partial charge in [0.15, 0.2) is 0 Å². The number of rotatable bonds is 5. The molecule has 0 unspecified atom stereocenters. The first-order valence-corrected chi connectivity index (χ1v) is 11.2. The first-order valence-electron chi connectivity index (χ1n) is 10.4. The lowest BCUT2D eigenvalue weighted by Crippen LogP contribution is -2.11. The number of fused-ring (bicyclic) bond motifs is 1. The maximum absolute atomic E-state index is 13.1. The van der Waals surface area contributed by atoms with Crippen LogP contribution in [0.3, 0.4) is 0 Å². The first kappa shape index (κ1) is 20.7. The minimum Gasteiger partial charge on any atom is -0.497 e. The van der Waals surface area contributed by atoms with Gasteiger partial charge in [-0.05, 0) is 41.5 Å². The molecule has 0 saturated heterocycles. The average Bonchev–Trinajstić information content (AvgIpc) is 3.21. The molecule has 0 fully saturated rings. The summed E-state index contributed by atoms with van der Waals surface area (Å²) in [5.74, 6) is 0.525. The molecule has 0 aliphatic rings. The third-order valence-electron chi connectivity index (χ3n) is 5.41. The van der Waals surface area contributed by atoms with Gasteiger partial charge >= 0.3 is 0 Å². The smallest absolute Gasteiger partial charge is 0.267 e. The molecule has 6 heteroatoms. The highest BCUT2D eigenvalue weighted by Crippen LogP contribution is 2.41. The SMILES string of the molecule is COc1ccc(-c2cc(-c3ccccc3)nc3sc(C(=O)Nc4ccccc4)c(N)c23)cc1. The number of methoxy groups -OCH3 is 1. The number of nitrogens with two attached hydrogens (primary N) is 1. The van der Waals surface area contributed by atoms with Crippen LogP contribution in [0, 0.1) is 0 Å². The number of ether oxygens (including phenoxy) is 1. The number of para-hydroxylation sites is 1. The predicted octanol–water partition coefficient (Wildman–Crippen LogP) is 6.47. The molecule has 0 aliphatic carbocycles. The van der Waals surface area contributed by atoms with Gasteiger partial charge in [0.05, 0.1) is 18.5 Å². The summed E-state index contributed by atoms with van der Waals surface area (Å²) in [5.41, 5.74) is 11.4. The Morgan fingerprint density at radius 2 is 1.58 bits per heavy atom. The summed E-state index contributed by atoms with van der Waals surface area (Å²) in [4.78, 5) is 19.1. The van der Waals surface area contributed by atoms with E-state index in [4.69, 9.17) is 15.5 Å². The molecule has 2 aromatic heterocycles. The van der Waals surface area contributed by atoms with Crippen molar-refractivity contribution < 1.29 is 9.53 Å². The molecular formula is C27H21N3O2S. The Labute approximate surface area is 195 Å². The number of carbonyl (C=O) groups is 1. The van der Waals surface area contributed by atoms with E-state index < -0.39 is 0 Å². The molecule has 162 valence electrons. The zero-order valence-corrected chi connectivity index (χ0v) is 18.7. The van der Waals surface area contributed by atoms with Crippen LogP contribution in [0.2, 0.25) is 0 Å². The van der Waals surface area contributed by atoms with Gasteiger partial charge in [-0.3, -0.25) is 4.79 Å². The summed E-state index contributed by atoms with van der Waals surface area (Å²) in [5, 5.41) is 3.71. The molecule has 0 radical (unpaired) electrons. The van der Waals surface area contributed by atoms with E-state index in [-0.39, 0.29) is 5.91 Å². The highest BCUT2D eigenvalue weighted by Gasteiger charge is 2.22. The van der Waals surface area contributed by atoms with E-state index in [9.17, 15) is 4.79 Å². The first-order chi connectivity index (χ1) is 16.1. The molecule has 33 heavy (non-hydrogen) atoms. The van der Waals surface area contributed by atoms with Crippen LogP contribution in [-0.4, -0.2) is 18.0 Å². The third kappa shape index (κ3) is 4.04. The average molecular weight is 452 g/mol. The number of nitrogens with one attached hydrogen (secondary N) is 1. The number of nitrogen functional groups attached to an aromatic ring is 1. The van der Waals surface area contributed by atoms with Gasteiger partial charge in [0, 0.05) is 16.6 Å². The van der Waals surface area contributed by atoms with Crippen LogP contribution in [0.15, 0.2) is 91.0 Å². The molecule has 1 amide bonds. The Bertz CT molecular complexity index is 1430. The highest BCUT2D eigenvalue weighted by molar-refractivity contribution is 7.21. The van der Waals surface area contributed by atoms with Crippen LogP contribution in [0.5, 0.6) is 5.75 Å². The second-order valence-corrected chi connectivity index (χ2v) is 8.49. The number of carbonyl (C=O) groups excluding carboxylic acids is 1. The van der Waals surface area contributed by atoms with Crippen LogP contribution in [0.25, 0.3) is 32.6 Å². The molecule has 5 nitrogen and oxygen atoms in total. The second-order valence-electron chi connectivity index (χ2n) is 7.49. The van der Waals surface area contributed by atoms with E-state index in [1.165, 1.54) is 11.3 Å². The lowest BCUT2D eigenvalue weighted by molar-refractivity contribution is 0.103. The number of hydrogen-bond donors (Lipinski definition) is 2. The summed E-state index contributed by atoms with van der Waals surface area (Å²) in [6.45, 7) is 0. The monoisotopic (exact) mass is 451 g/mol. The van der Waals surface area contributed by atoms with Crippen molar-refractivity contribution in [1.29, 1.82) is 0 Å². The Balaban J connectivity index is 1.68. The van der Waals surface area contributed by atoms with E-state index >= 15 is 0 Å². The Morgan fingerprint density at radius 3 is 2.24 bits per heavy atom. The predicted molar refractivity (Wildman–Crippen MR) is 136 cm³/mol. The summed E-state index contributed by atoms with van der Waals surface area (Å²) in [6.07, 6.45) is 0. The number of pyridine rings is 1. The van der Waals surface area contributed by atoms with Gasteiger partial charge in [-0.25, -0.2) is 4.98 Å². The third-order valence-corrected chi connectivity index (χ3v) is 6.51. The molecule has 5 rings (SSSR count). The molecular weight excluding hydrogens is 430 g/mol. The van der Waals surface area contributed by atoms with Crippen LogP contribution < -0.4 is 15.8 Å². The molecule has 2 heterocycles. The molecule has 0 bridgehead atoms. The topological polar surface area (TPSA) is 77.2 Å². The summed E-state index contributed by atoms with van der Waals surface area (Å²) in [7, 11) is 1.64. The standard InChI is InChI=1S/C27H21N3O2S/c1-32-20-14-12-17(13-15-20)21-16-22(18-8-4-2-5-9-18)30-27-23(21)24(28)25(33-27)26(31)29-19-10-6-3-7-11-19/h2-16H,28H2,1H3,(H,29,31). The van der Waals surface area contributed by atoms with Crippen LogP contribution in [0.1, 0.15) is 9.67 Å². The number of hydrogen-bond acceptors (Lipinski definition) is 5. The van der Waals surface area contributed by atoms with Crippen molar-refractivity contribution in [3.8, 4) is 28.1 Å². The molecule has 0 saturated carbocycles. The van der Waals surface area contributed by atoms with Gasteiger partial charge in [0.25, 0.3) is 5.91 Å². The fraction of sp³-hybridized carbons (Fsp3) is 0.0370. The molecule has 3 aromatic carbocycles. The van der Waals surface area contributed by atoms with Crippen molar-refractivity contribution in [2.45, 2.75) is 0 Å². The van der Waals surface area contributed by atoms with Crippen LogP contribution >= 0.6 is 11.3 Å². The number of thiophene rings is 1. The van der Waals surface area contributed by atoms with Crippen molar-refractivity contribution in [2.75, 3.05) is 18.2 Å².